The molecule has 27 heavy (non-hydrogen) atoms. The zero-order valence-corrected chi connectivity index (χ0v) is 14.4. The molecule has 1 aromatic heterocycles. The maximum absolute atomic E-state index is 14.1. The quantitative estimate of drug-likeness (QED) is 0.264. The van der Waals surface area contributed by atoms with E-state index in [4.69, 9.17) is 11.6 Å². The smallest absolute Gasteiger partial charge is 0.397 e. The van der Waals surface area contributed by atoms with Crippen LogP contribution in [0.3, 0.4) is 0 Å². The number of aromatic nitrogens is 2. The van der Waals surface area contributed by atoms with Crippen molar-refractivity contribution in [2.45, 2.75) is 16.1 Å². The lowest BCUT2D eigenvalue weighted by atomic mass is 10.1. The molecule has 0 aliphatic rings. The first-order valence-corrected chi connectivity index (χ1v) is 8.33. The lowest BCUT2D eigenvalue weighted by Crippen LogP contribution is -2.11. The Balaban J connectivity index is 1.96. The highest BCUT2D eigenvalue weighted by molar-refractivity contribution is 7.99. The van der Waals surface area contributed by atoms with Crippen molar-refractivity contribution in [3.8, 4) is 11.3 Å². The number of anilines is 2. The summed E-state index contributed by atoms with van der Waals surface area (Å²) in [5.41, 5.74) is 7.98. The lowest BCUT2D eigenvalue weighted by Gasteiger charge is -2.12. The molecule has 0 amide bonds. The van der Waals surface area contributed by atoms with Gasteiger partial charge in [-0.3, -0.25) is 10.8 Å². The zero-order valence-electron chi connectivity index (χ0n) is 13.6. The van der Waals surface area contributed by atoms with Gasteiger partial charge in [-0.05, 0) is 36.4 Å². The summed E-state index contributed by atoms with van der Waals surface area (Å²) in [5.74, 6) is 4.57. The summed E-state index contributed by atoms with van der Waals surface area (Å²) < 4.78 is 52.2. The number of nitrogens with one attached hydrogen (secondary N) is 1. The monoisotopic (exact) mass is 395 g/mol. The van der Waals surface area contributed by atoms with Crippen molar-refractivity contribution in [2.75, 3.05) is 11.2 Å². The van der Waals surface area contributed by atoms with E-state index in [9.17, 15) is 17.6 Å². The Labute approximate surface area is 155 Å². The van der Waals surface area contributed by atoms with Crippen LogP contribution in [0.5, 0.6) is 0 Å². The van der Waals surface area contributed by atoms with Crippen molar-refractivity contribution < 1.29 is 17.6 Å². The number of rotatable bonds is 4. The van der Waals surface area contributed by atoms with E-state index in [0.717, 1.165) is 23.9 Å². The van der Waals surface area contributed by atoms with Crippen LogP contribution in [0.1, 0.15) is 5.56 Å². The van der Waals surface area contributed by atoms with Gasteiger partial charge in [0.15, 0.2) is 0 Å². The van der Waals surface area contributed by atoms with Gasteiger partial charge in [-0.15, -0.1) is 0 Å². The van der Waals surface area contributed by atoms with Crippen molar-refractivity contribution >= 4 is 23.1 Å². The predicted octanol–water partition coefficient (Wildman–Crippen LogP) is 4.32. The Hall–Kier alpha value is -2.85. The van der Waals surface area contributed by atoms with Crippen molar-refractivity contribution in [1.29, 1.82) is 0 Å². The van der Waals surface area contributed by atoms with Crippen molar-refractivity contribution in [3.63, 3.8) is 0 Å². The molecule has 0 fully saturated rings. The van der Waals surface area contributed by atoms with E-state index in [0.29, 0.717) is 21.2 Å². The van der Waals surface area contributed by atoms with Crippen LogP contribution in [0.25, 0.3) is 11.3 Å². The molecular formula is C17H13F4N5S. The first-order valence-electron chi connectivity index (χ1n) is 7.51. The van der Waals surface area contributed by atoms with Gasteiger partial charge in [0, 0.05) is 22.9 Å². The number of alkyl halides is 3. The van der Waals surface area contributed by atoms with Crippen molar-refractivity contribution in [1.82, 2.24) is 9.97 Å². The summed E-state index contributed by atoms with van der Waals surface area (Å²) >= 11 is 1.11. The zero-order chi connectivity index (χ0) is 19.6. The van der Waals surface area contributed by atoms with Crippen molar-refractivity contribution in [2.24, 2.45) is 5.84 Å². The fourth-order valence-corrected chi connectivity index (χ4v) is 3.21. The number of hydrogen-bond acceptors (Lipinski definition) is 6. The van der Waals surface area contributed by atoms with Gasteiger partial charge in [-0.1, -0.05) is 11.8 Å². The molecule has 3 aromatic rings. The third-order valence-corrected chi connectivity index (χ3v) is 4.60. The molecule has 0 aliphatic carbocycles. The molecule has 0 bridgehead atoms. The molecule has 3 rings (SSSR count). The summed E-state index contributed by atoms with van der Waals surface area (Å²) in [5, 5.41) is 0.393. The first-order chi connectivity index (χ1) is 12.8. The van der Waals surface area contributed by atoms with Gasteiger partial charge in [0.25, 0.3) is 0 Å². The maximum Gasteiger partial charge on any atom is 0.416 e. The maximum atomic E-state index is 14.1. The van der Waals surface area contributed by atoms with Gasteiger partial charge in [0.2, 0.25) is 0 Å². The van der Waals surface area contributed by atoms with E-state index < -0.39 is 17.6 Å². The molecule has 0 saturated heterocycles. The van der Waals surface area contributed by atoms with E-state index in [1.165, 1.54) is 36.7 Å². The Bertz CT molecular complexity index is 937. The van der Waals surface area contributed by atoms with E-state index >= 15 is 0 Å². The minimum absolute atomic E-state index is 0.0421. The summed E-state index contributed by atoms with van der Waals surface area (Å²) in [6, 6.07) is 7.33. The molecule has 0 saturated carbocycles. The Morgan fingerprint density at radius 1 is 1.00 bits per heavy atom. The van der Waals surface area contributed by atoms with Crippen LogP contribution in [0, 0.1) is 5.82 Å². The van der Waals surface area contributed by atoms with Crippen LogP contribution in [0.15, 0.2) is 58.7 Å². The SMILES string of the molecule is NNc1c(N)cc(-c2nccnc2Sc2ccc(C(F)(F)F)cc2)cc1F. The second kappa shape index (κ2) is 7.41. The summed E-state index contributed by atoms with van der Waals surface area (Å²) in [6.07, 6.45) is -1.55. The normalized spacial score (nSPS) is 11.4. The fraction of sp³-hybridized carbons (Fsp3) is 0.0588. The van der Waals surface area contributed by atoms with Gasteiger partial charge in [0.05, 0.1) is 11.3 Å². The van der Waals surface area contributed by atoms with Crippen LogP contribution >= 0.6 is 11.8 Å². The highest BCUT2D eigenvalue weighted by atomic mass is 32.2. The van der Waals surface area contributed by atoms with Crippen LogP contribution in [-0.4, -0.2) is 9.97 Å². The van der Waals surface area contributed by atoms with Crippen LogP contribution in [-0.2, 0) is 6.18 Å². The van der Waals surface area contributed by atoms with Gasteiger partial charge >= 0.3 is 6.18 Å². The molecule has 1 heterocycles. The van der Waals surface area contributed by atoms with Crippen molar-refractivity contribution in [3.05, 3.63) is 60.2 Å². The second-order valence-electron chi connectivity index (χ2n) is 5.40. The second-order valence-corrected chi connectivity index (χ2v) is 6.46. The number of benzene rings is 2. The Morgan fingerprint density at radius 2 is 1.67 bits per heavy atom. The lowest BCUT2D eigenvalue weighted by molar-refractivity contribution is -0.137. The third-order valence-electron chi connectivity index (χ3n) is 3.60. The molecule has 140 valence electrons. The van der Waals surface area contributed by atoms with E-state index in [-0.39, 0.29) is 11.4 Å². The highest BCUT2D eigenvalue weighted by Crippen LogP contribution is 2.37. The summed E-state index contributed by atoms with van der Waals surface area (Å²) in [7, 11) is 0. The van der Waals surface area contributed by atoms with Gasteiger partial charge in [0.1, 0.15) is 22.2 Å². The number of hydrazine groups is 1. The predicted molar refractivity (Wildman–Crippen MR) is 95.2 cm³/mol. The van der Waals surface area contributed by atoms with E-state index in [2.05, 4.69) is 15.4 Å². The standard InChI is InChI=1S/C17H13F4N5S/c18-12-7-9(8-13(22)15(12)26-23)14-16(25-6-5-24-14)27-11-3-1-10(2-4-11)17(19,20)21/h1-8,26H,22-23H2. The number of nitrogens with zero attached hydrogens (tertiary/aromatic N) is 2. The first kappa shape index (κ1) is 18.9. The molecular weight excluding hydrogens is 382 g/mol. The largest absolute Gasteiger partial charge is 0.416 e. The number of halogens is 4. The highest BCUT2D eigenvalue weighted by Gasteiger charge is 2.30. The topological polar surface area (TPSA) is 89.8 Å². The fourth-order valence-electron chi connectivity index (χ4n) is 2.34. The summed E-state index contributed by atoms with van der Waals surface area (Å²) in [6.45, 7) is 0. The Kier molecular flexibility index (Phi) is 5.19. The summed E-state index contributed by atoms with van der Waals surface area (Å²) in [4.78, 5) is 8.93. The Morgan fingerprint density at radius 3 is 2.26 bits per heavy atom. The minimum atomic E-state index is -4.41. The van der Waals surface area contributed by atoms with Gasteiger partial charge < -0.3 is 11.2 Å². The minimum Gasteiger partial charge on any atom is -0.397 e. The molecule has 2 aromatic carbocycles. The molecule has 5 nitrogen and oxygen atoms in total. The number of nitrogens with two attached hydrogens (primary N) is 2. The average Bonchev–Trinajstić information content (AvgIpc) is 2.61. The van der Waals surface area contributed by atoms with E-state index in [1.54, 1.807) is 0 Å². The van der Waals surface area contributed by atoms with Crippen LogP contribution in [0.2, 0.25) is 0 Å². The third kappa shape index (κ3) is 4.12. The van der Waals surface area contributed by atoms with Crippen LogP contribution < -0.4 is 17.0 Å². The van der Waals surface area contributed by atoms with E-state index in [1.807, 2.05) is 0 Å². The molecule has 5 N–H and O–H groups in total. The molecule has 0 spiro atoms. The molecule has 0 aliphatic heterocycles. The number of hydrogen-bond donors (Lipinski definition) is 3. The molecule has 10 heteroatoms. The molecule has 0 unspecified atom stereocenters. The van der Waals surface area contributed by atoms with Gasteiger partial charge in [-0.2, -0.15) is 13.2 Å². The number of nitrogen functional groups attached to an aromatic ring is 2. The van der Waals surface area contributed by atoms with Gasteiger partial charge in [-0.25, -0.2) is 9.37 Å². The average molecular weight is 395 g/mol. The van der Waals surface area contributed by atoms with Crippen LogP contribution in [0.4, 0.5) is 28.9 Å². The molecule has 0 radical (unpaired) electrons. The molecule has 0 atom stereocenters.